The smallest absolute Gasteiger partial charge is 0.120 e. The van der Waals surface area contributed by atoms with E-state index >= 15 is 0 Å². The first-order valence-electron chi connectivity index (χ1n) is 4.93. The van der Waals surface area contributed by atoms with Crippen LogP contribution in [0.5, 0.6) is 0 Å². The Morgan fingerprint density at radius 1 is 1.17 bits per heavy atom. The molecule has 0 aromatic rings. The topological polar surface area (TPSA) is 37.3 Å². The van der Waals surface area contributed by atoms with Crippen molar-refractivity contribution in [3.05, 3.63) is 0 Å². The van der Waals surface area contributed by atoms with Crippen LogP contribution in [0.1, 0.15) is 51.4 Å². The monoisotopic (exact) mass is 170 g/mol. The van der Waals surface area contributed by atoms with E-state index in [1.54, 1.807) is 0 Å². The van der Waals surface area contributed by atoms with Gasteiger partial charge >= 0.3 is 0 Å². The molecule has 2 nitrogen and oxygen atoms in total. The third-order valence-electron chi connectivity index (χ3n) is 2.76. The summed E-state index contributed by atoms with van der Waals surface area (Å²) in [4.78, 5) is 10.2. The molecule has 0 aromatic heterocycles. The van der Waals surface area contributed by atoms with Gasteiger partial charge in [0.25, 0.3) is 0 Å². The summed E-state index contributed by atoms with van der Waals surface area (Å²) in [5.74, 6) is 0. The summed E-state index contributed by atoms with van der Waals surface area (Å²) >= 11 is 0. The average Bonchev–Trinajstić information content (AvgIpc) is 2.27. The number of carbonyl (C=O) groups excluding carboxylic acids is 1. The zero-order chi connectivity index (χ0) is 8.86. The molecule has 1 aliphatic carbocycles. The molecule has 0 radical (unpaired) electrons. The highest BCUT2D eigenvalue weighted by molar-refractivity contribution is 5.49. The molecule has 0 saturated heterocycles. The van der Waals surface area contributed by atoms with Gasteiger partial charge in [-0.1, -0.05) is 25.7 Å². The van der Waals surface area contributed by atoms with Crippen molar-refractivity contribution in [2.24, 2.45) is 0 Å². The molecule has 0 aromatic carbocycles. The molecule has 0 unspecified atom stereocenters. The lowest BCUT2D eigenvalue weighted by molar-refractivity contribution is -0.109. The van der Waals surface area contributed by atoms with Gasteiger partial charge in [0.15, 0.2) is 0 Å². The van der Waals surface area contributed by atoms with Crippen molar-refractivity contribution < 1.29 is 9.90 Å². The largest absolute Gasteiger partial charge is 0.390 e. The van der Waals surface area contributed by atoms with Crippen molar-refractivity contribution in [2.45, 2.75) is 57.0 Å². The van der Waals surface area contributed by atoms with Crippen LogP contribution in [0.2, 0.25) is 0 Å². The van der Waals surface area contributed by atoms with Crippen LogP contribution in [0, 0.1) is 0 Å². The highest BCUT2D eigenvalue weighted by Gasteiger charge is 2.26. The van der Waals surface area contributed by atoms with Crippen molar-refractivity contribution in [3.63, 3.8) is 0 Å². The summed E-state index contributed by atoms with van der Waals surface area (Å²) in [5, 5.41) is 10.0. The quantitative estimate of drug-likeness (QED) is 0.520. The van der Waals surface area contributed by atoms with Gasteiger partial charge in [0.1, 0.15) is 6.29 Å². The van der Waals surface area contributed by atoms with Crippen LogP contribution < -0.4 is 0 Å². The molecular formula is C10H18O2. The van der Waals surface area contributed by atoms with E-state index in [2.05, 4.69) is 0 Å². The van der Waals surface area contributed by atoms with Crippen LogP contribution in [0.15, 0.2) is 0 Å². The van der Waals surface area contributed by atoms with Gasteiger partial charge in [-0.2, -0.15) is 0 Å². The van der Waals surface area contributed by atoms with Gasteiger partial charge in [-0.15, -0.1) is 0 Å². The van der Waals surface area contributed by atoms with E-state index < -0.39 is 5.60 Å². The van der Waals surface area contributed by atoms with Gasteiger partial charge in [-0.3, -0.25) is 0 Å². The predicted molar refractivity (Wildman–Crippen MR) is 47.9 cm³/mol. The summed E-state index contributed by atoms with van der Waals surface area (Å²) in [6.07, 6.45) is 8.58. The molecular weight excluding hydrogens is 152 g/mol. The molecule has 1 N–H and O–H groups in total. The minimum atomic E-state index is -0.516. The molecule has 0 heterocycles. The van der Waals surface area contributed by atoms with Crippen molar-refractivity contribution in [1.82, 2.24) is 0 Å². The Balaban J connectivity index is 2.36. The molecule has 0 aliphatic heterocycles. The van der Waals surface area contributed by atoms with Crippen molar-refractivity contribution >= 4 is 6.29 Å². The summed E-state index contributed by atoms with van der Waals surface area (Å²) in [7, 11) is 0. The Hall–Kier alpha value is -0.370. The fraction of sp³-hybridized carbons (Fsp3) is 0.900. The van der Waals surface area contributed by atoms with Gasteiger partial charge in [-0.05, 0) is 19.3 Å². The maximum Gasteiger partial charge on any atom is 0.120 e. The minimum Gasteiger partial charge on any atom is -0.390 e. The van der Waals surface area contributed by atoms with Crippen LogP contribution in [0.4, 0.5) is 0 Å². The van der Waals surface area contributed by atoms with Crippen LogP contribution >= 0.6 is 0 Å². The van der Waals surface area contributed by atoms with Crippen LogP contribution in [0.3, 0.4) is 0 Å². The number of aliphatic hydroxyl groups is 1. The van der Waals surface area contributed by atoms with E-state index in [9.17, 15) is 9.90 Å². The Labute approximate surface area is 74.0 Å². The SMILES string of the molecule is O=CCCC1(O)CCCCCC1. The second-order valence-corrected chi connectivity index (χ2v) is 3.84. The zero-order valence-corrected chi connectivity index (χ0v) is 7.59. The van der Waals surface area contributed by atoms with Crippen LogP contribution in [-0.4, -0.2) is 17.0 Å². The van der Waals surface area contributed by atoms with E-state index in [0.29, 0.717) is 12.8 Å². The first kappa shape index (κ1) is 9.72. The third kappa shape index (κ3) is 2.94. The molecule has 0 spiro atoms. The van der Waals surface area contributed by atoms with Gasteiger partial charge in [0, 0.05) is 6.42 Å². The van der Waals surface area contributed by atoms with E-state index in [1.807, 2.05) is 0 Å². The highest BCUT2D eigenvalue weighted by Crippen LogP contribution is 2.30. The van der Waals surface area contributed by atoms with Crippen LogP contribution in [0.25, 0.3) is 0 Å². The maximum absolute atomic E-state index is 10.2. The predicted octanol–water partition coefficient (Wildman–Crippen LogP) is 2.05. The van der Waals surface area contributed by atoms with Gasteiger partial charge < -0.3 is 9.90 Å². The Morgan fingerprint density at radius 3 is 2.25 bits per heavy atom. The van der Waals surface area contributed by atoms with E-state index in [-0.39, 0.29) is 0 Å². The molecule has 0 bridgehead atoms. The third-order valence-corrected chi connectivity index (χ3v) is 2.76. The molecule has 12 heavy (non-hydrogen) atoms. The number of aldehydes is 1. The lowest BCUT2D eigenvalue weighted by Gasteiger charge is -2.25. The normalized spacial score (nSPS) is 23.1. The van der Waals surface area contributed by atoms with Crippen molar-refractivity contribution in [1.29, 1.82) is 0 Å². The molecule has 70 valence electrons. The lowest BCUT2D eigenvalue weighted by Crippen LogP contribution is -2.27. The fourth-order valence-electron chi connectivity index (χ4n) is 1.96. The number of rotatable bonds is 3. The Morgan fingerprint density at radius 2 is 1.75 bits per heavy atom. The second kappa shape index (κ2) is 4.61. The minimum absolute atomic E-state index is 0.510. The average molecular weight is 170 g/mol. The molecule has 2 heteroatoms. The van der Waals surface area contributed by atoms with E-state index in [4.69, 9.17) is 0 Å². The highest BCUT2D eigenvalue weighted by atomic mass is 16.3. The zero-order valence-electron chi connectivity index (χ0n) is 7.59. The van der Waals surface area contributed by atoms with E-state index in [0.717, 1.165) is 32.0 Å². The molecule has 1 saturated carbocycles. The fourth-order valence-corrected chi connectivity index (χ4v) is 1.96. The maximum atomic E-state index is 10.2. The Bertz CT molecular complexity index is 135. The molecule has 1 fully saturated rings. The molecule has 1 rings (SSSR count). The summed E-state index contributed by atoms with van der Waals surface area (Å²) < 4.78 is 0. The summed E-state index contributed by atoms with van der Waals surface area (Å²) in [6.45, 7) is 0. The molecule has 0 atom stereocenters. The summed E-state index contributed by atoms with van der Waals surface area (Å²) in [5.41, 5.74) is -0.516. The Kier molecular flexibility index (Phi) is 3.73. The van der Waals surface area contributed by atoms with Crippen LogP contribution in [-0.2, 0) is 4.79 Å². The number of hydrogen-bond acceptors (Lipinski definition) is 2. The van der Waals surface area contributed by atoms with Crippen molar-refractivity contribution in [3.8, 4) is 0 Å². The van der Waals surface area contributed by atoms with Gasteiger partial charge in [-0.25, -0.2) is 0 Å². The van der Waals surface area contributed by atoms with Crippen molar-refractivity contribution in [2.75, 3.05) is 0 Å². The number of carbonyl (C=O) groups is 1. The first-order chi connectivity index (χ1) is 5.77. The lowest BCUT2D eigenvalue weighted by atomic mass is 9.90. The standard InChI is InChI=1S/C10H18O2/c11-9-5-8-10(12)6-3-1-2-4-7-10/h9,12H,1-8H2. The van der Waals surface area contributed by atoms with Gasteiger partial charge in [0.2, 0.25) is 0 Å². The summed E-state index contributed by atoms with van der Waals surface area (Å²) in [6, 6.07) is 0. The van der Waals surface area contributed by atoms with E-state index in [1.165, 1.54) is 12.8 Å². The molecule has 0 amide bonds. The molecule has 1 aliphatic rings. The number of hydrogen-bond donors (Lipinski definition) is 1. The second-order valence-electron chi connectivity index (χ2n) is 3.84. The first-order valence-corrected chi connectivity index (χ1v) is 4.93. The van der Waals surface area contributed by atoms with Gasteiger partial charge in [0.05, 0.1) is 5.60 Å².